The van der Waals surface area contributed by atoms with E-state index < -0.39 is 5.54 Å². The van der Waals surface area contributed by atoms with Crippen molar-refractivity contribution in [3.8, 4) is 0 Å². The number of amides is 1. The Bertz CT molecular complexity index is 393. The average Bonchev–Trinajstić information content (AvgIpc) is 2.36. The fourth-order valence-corrected chi connectivity index (χ4v) is 1.54. The Labute approximate surface area is 110 Å². The number of nitrogens with one attached hydrogen (secondary N) is 2. The molecule has 0 aliphatic heterocycles. The molecule has 3 nitrogen and oxygen atoms in total. The molecule has 0 aliphatic carbocycles. The predicted molar refractivity (Wildman–Crippen MR) is 75.5 cm³/mol. The molecule has 0 atom stereocenters. The molecule has 1 amide bonds. The number of carbonyl (C=O) groups is 1. The average molecular weight is 248 g/mol. The minimum atomic E-state index is -0.530. The maximum absolute atomic E-state index is 11.9. The van der Waals surface area contributed by atoms with Gasteiger partial charge in [0.25, 0.3) is 0 Å². The number of carbonyl (C=O) groups excluding carboxylic acids is 1. The van der Waals surface area contributed by atoms with E-state index in [0.717, 1.165) is 5.56 Å². The van der Waals surface area contributed by atoms with Gasteiger partial charge in [0, 0.05) is 6.54 Å². The first-order valence-electron chi connectivity index (χ1n) is 6.43. The third kappa shape index (κ3) is 3.84. The zero-order valence-electron chi connectivity index (χ0n) is 12.0. The summed E-state index contributed by atoms with van der Waals surface area (Å²) >= 11 is 0. The standard InChI is InChI=1S/C15H24N2O/c1-11(2)13-8-6-12(7-9-13)10-17-14(18)15(3,4)16-5/h6-9,11,16H,10H2,1-5H3,(H,17,18). The Morgan fingerprint density at radius 3 is 2.22 bits per heavy atom. The van der Waals surface area contributed by atoms with E-state index in [1.54, 1.807) is 7.05 Å². The Morgan fingerprint density at radius 2 is 1.78 bits per heavy atom. The van der Waals surface area contributed by atoms with E-state index in [4.69, 9.17) is 0 Å². The predicted octanol–water partition coefficient (Wildman–Crippen LogP) is 2.42. The van der Waals surface area contributed by atoms with Crippen LogP contribution in [0.3, 0.4) is 0 Å². The summed E-state index contributed by atoms with van der Waals surface area (Å²) in [7, 11) is 1.79. The molecule has 0 radical (unpaired) electrons. The zero-order chi connectivity index (χ0) is 13.8. The molecule has 0 spiro atoms. The van der Waals surface area contributed by atoms with Crippen molar-refractivity contribution in [3.63, 3.8) is 0 Å². The first-order chi connectivity index (χ1) is 8.36. The third-order valence-corrected chi connectivity index (χ3v) is 3.29. The van der Waals surface area contributed by atoms with Crippen LogP contribution in [0.2, 0.25) is 0 Å². The first kappa shape index (κ1) is 14.7. The van der Waals surface area contributed by atoms with Crippen molar-refractivity contribution >= 4 is 5.91 Å². The monoisotopic (exact) mass is 248 g/mol. The molecular weight excluding hydrogens is 224 g/mol. The molecular formula is C15H24N2O. The molecule has 0 saturated carbocycles. The molecule has 0 bridgehead atoms. The molecule has 18 heavy (non-hydrogen) atoms. The summed E-state index contributed by atoms with van der Waals surface area (Å²) in [5.41, 5.74) is 1.91. The topological polar surface area (TPSA) is 41.1 Å². The maximum atomic E-state index is 11.9. The molecule has 1 rings (SSSR count). The van der Waals surface area contributed by atoms with E-state index in [1.807, 2.05) is 13.8 Å². The van der Waals surface area contributed by atoms with E-state index in [9.17, 15) is 4.79 Å². The summed E-state index contributed by atoms with van der Waals surface area (Å²) in [4.78, 5) is 11.9. The van der Waals surface area contributed by atoms with Crippen LogP contribution in [-0.4, -0.2) is 18.5 Å². The zero-order valence-corrected chi connectivity index (χ0v) is 12.0. The number of hydrogen-bond donors (Lipinski definition) is 2. The van der Waals surface area contributed by atoms with Gasteiger partial charge in [-0.3, -0.25) is 4.79 Å². The van der Waals surface area contributed by atoms with Gasteiger partial charge in [-0.05, 0) is 37.9 Å². The van der Waals surface area contributed by atoms with Crippen molar-refractivity contribution in [1.82, 2.24) is 10.6 Å². The first-order valence-corrected chi connectivity index (χ1v) is 6.43. The van der Waals surface area contributed by atoms with Gasteiger partial charge in [-0.25, -0.2) is 0 Å². The molecule has 1 aromatic rings. The van der Waals surface area contributed by atoms with Crippen LogP contribution in [0.1, 0.15) is 44.7 Å². The van der Waals surface area contributed by atoms with Gasteiger partial charge < -0.3 is 10.6 Å². The number of benzene rings is 1. The van der Waals surface area contributed by atoms with Gasteiger partial charge in [0.15, 0.2) is 0 Å². The van der Waals surface area contributed by atoms with Crippen LogP contribution in [0, 0.1) is 0 Å². The molecule has 0 heterocycles. The van der Waals surface area contributed by atoms with Crippen LogP contribution < -0.4 is 10.6 Å². The molecule has 2 N–H and O–H groups in total. The van der Waals surface area contributed by atoms with Gasteiger partial charge in [-0.2, -0.15) is 0 Å². The summed E-state index contributed by atoms with van der Waals surface area (Å²) in [6.07, 6.45) is 0. The minimum Gasteiger partial charge on any atom is -0.350 e. The Morgan fingerprint density at radius 1 is 1.22 bits per heavy atom. The van der Waals surface area contributed by atoms with Gasteiger partial charge in [0.2, 0.25) is 5.91 Å². The molecule has 0 fully saturated rings. The van der Waals surface area contributed by atoms with E-state index >= 15 is 0 Å². The lowest BCUT2D eigenvalue weighted by Crippen LogP contribution is -2.50. The van der Waals surface area contributed by atoms with Gasteiger partial charge in [0.05, 0.1) is 5.54 Å². The van der Waals surface area contributed by atoms with E-state index in [2.05, 4.69) is 48.7 Å². The largest absolute Gasteiger partial charge is 0.350 e. The summed E-state index contributed by atoms with van der Waals surface area (Å²) in [5, 5.41) is 5.93. The molecule has 0 unspecified atom stereocenters. The Kier molecular flexibility index (Phi) is 4.91. The highest BCUT2D eigenvalue weighted by atomic mass is 16.2. The van der Waals surface area contributed by atoms with Crippen LogP contribution >= 0.6 is 0 Å². The van der Waals surface area contributed by atoms with E-state index in [0.29, 0.717) is 12.5 Å². The summed E-state index contributed by atoms with van der Waals surface area (Å²) in [5.74, 6) is 0.551. The van der Waals surface area contributed by atoms with Crippen molar-refractivity contribution in [2.45, 2.75) is 45.7 Å². The molecule has 0 aromatic heterocycles. The number of rotatable bonds is 5. The lowest BCUT2D eigenvalue weighted by atomic mass is 10.0. The summed E-state index contributed by atoms with van der Waals surface area (Å²) < 4.78 is 0. The highest BCUT2D eigenvalue weighted by Crippen LogP contribution is 2.14. The summed E-state index contributed by atoms with van der Waals surface area (Å²) in [6, 6.07) is 8.38. The lowest BCUT2D eigenvalue weighted by Gasteiger charge is -2.22. The third-order valence-electron chi connectivity index (χ3n) is 3.29. The van der Waals surface area contributed by atoms with Crippen molar-refractivity contribution in [3.05, 3.63) is 35.4 Å². The molecule has 1 aromatic carbocycles. The van der Waals surface area contributed by atoms with Crippen molar-refractivity contribution < 1.29 is 4.79 Å². The smallest absolute Gasteiger partial charge is 0.239 e. The quantitative estimate of drug-likeness (QED) is 0.840. The van der Waals surface area contributed by atoms with Crippen LogP contribution in [-0.2, 0) is 11.3 Å². The van der Waals surface area contributed by atoms with Gasteiger partial charge >= 0.3 is 0 Å². The molecule has 0 saturated heterocycles. The van der Waals surface area contributed by atoms with E-state index in [-0.39, 0.29) is 5.91 Å². The van der Waals surface area contributed by atoms with Crippen LogP contribution in [0.5, 0.6) is 0 Å². The number of likely N-dealkylation sites (N-methyl/N-ethyl adjacent to an activating group) is 1. The van der Waals surface area contributed by atoms with Crippen LogP contribution in [0.15, 0.2) is 24.3 Å². The second-order valence-electron chi connectivity index (χ2n) is 5.45. The van der Waals surface area contributed by atoms with Gasteiger partial charge in [0.1, 0.15) is 0 Å². The highest BCUT2D eigenvalue weighted by molar-refractivity contribution is 5.85. The minimum absolute atomic E-state index is 0.0120. The molecule has 3 heteroatoms. The fourth-order valence-electron chi connectivity index (χ4n) is 1.54. The molecule has 100 valence electrons. The maximum Gasteiger partial charge on any atom is 0.239 e. The second-order valence-corrected chi connectivity index (χ2v) is 5.45. The van der Waals surface area contributed by atoms with Crippen LogP contribution in [0.4, 0.5) is 0 Å². The molecule has 0 aliphatic rings. The Hall–Kier alpha value is -1.35. The highest BCUT2D eigenvalue weighted by Gasteiger charge is 2.24. The van der Waals surface area contributed by atoms with Crippen molar-refractivity contribution in [2.75, 3.05) is 7.05 Å². The van der Waals surface area contributed by atoms with Crippen molar-refractivity contribution in [1.29, 1.82) is 0 Å². The van der Waals surface area contributed by atoms with Crippen molar-refractivity contribution in [2.24, 2.45) is 0 Å². The van der Waals surface area contributed by atoms with Gasteiger partial charge in [-0.1, -0.05) is 38.1 Å². The normalized spacial score (nSPS) is 11.7. The number of hydrogen-bond acceptors (Lipinski definition) is 2. The van der Waals surface area contributed by atoms with Crippen LogP contribution in [0.25, 0.3) is 0 Å². The van der Waals surface area contributed by atoms with Gasteiger partial charge in [-0.15, -0.1) is 0 Å². The Balaban J connectivity index is 2.57. The van der Waals surface area contributed by atoms with E-state index in [1.165, 1.54) is 5.56 Å². The fraction of sp³-hybridized carbons (Fsp3) is 0.533. The summed E-state index contributed by atoms with van der Waals surface area (Å²) in [6.45, 7) is 8.65. The SMILES string of the molecule is CNC(C)(C)C(=O)NCc1ccc(C(C)C)cc1. The second kappa shape index (κ2) is 6.01. The lowest BCUT2D eigenvalue weighted by molar-refractivity contribution is -0.126.